The Morgan fingerprint density at radius 3 is 2.32 bits per heavy atom. The molecule has 0 aliphatic rings. The van der Waals surface area contributed by atoms with E-state index in [2.05, 4.69) is 0 Å². The molecule has 0 spiro atoms. The normalized spacial score (nSPS) is 10.3. The summed E-state index contributed by atoms with van der Waals surface area (Å²) in [5.74, 6) is -0.319. The lowest BCUT2D eigenvalue weighted by Crippen LogP contribution is -2.06. The Bertz CT molecular complexity index is 646. The quantitative estimate of drug-likeness (QED) is 0.801. The van der Waals surface area contributed by atoms with Crippen LogP contribution in [0.5, 0.6) is 0 Å². The molecule has 0 heterocycles. The summed E-state index contributed by atoms with van der Waals surface area (Å²) in [7, 11) is 0. The van der Waals surface area contributed by atoms with Gasteiger partial charge in [0, 0.05) is 16.1 Å². The second-order valence-corrected chi connectivity index (χ2v) is 4.95. The number of carbonyl (C=O) groups excluding carboxylic acids is 2. The summed E-state index contributed by atoms with van der Waals surface area (Å²) in [4.78, 5) is 23.3. The van der Waals surface area contributed by atoms with Gasteiger partial charge in [0.2, 0.25) is 6.29 Å². The summed E-state index contributed by atoms with van der Waals surface area (Å²) in [6.45, 7) is 1.92. The van der Waals surface area contributed by atoms with E-state index in [0.717, 1.165) is 5.56 Å². The molecule has 2 aromatic carbocycles. The molecule has 0 bridgehead atoms. The van der Waals surface area contributed by atoms with Crippen LogP contribution in [-0.2, 0) is 4.79 Å². The molecule has 0 N–H and O–H groups in total. The van der Waals surface area contributed by atoms with Crippen LogP contribution in [0.4, 0.5) is 0 Å². The maximum absolute atomic E-state index is 12.4. The topological polar surface area (TPSA) is 34.1 Å². The molecule has 2 nitrogen and oxygen atoms in total. The van der Waals surface area contributed by atoms with E-state index in [1.807, 2.05) is 19.1 Å². The minimum absolute atomic E-state index is 0.0723. The highest BCUT2D eigenvalue weighted by molar-refractivity contribution is 6.38. The van der Waals surface area contributed by atoms with Crippen molar-refractivity contribution in [2.24, 2.45) is 0 Å². The zero-order valence-corrected chi connectivity index (χ0v) is 11.5. The highest BCUT2D eigenvalue weighted by Crippen LogP contribution is 2.26. The first kappa shape index (κ1) is 13.8. The molecular formula is C15H9Cl2O2. The molecule has 2 aromatic rings. The molecular weight excluding hydrogens is 283 g/mol. The van der Waals surface area contributed by atoms with Crippen molar-refractivity contribution >= 4 is 35.3 Å². The largest absolute Gasteiger partial charge is 0.289 e. The van der Waals surface area contributed by atoms with E-state index in [9.17, 15) is 9.59 Å². The zero-order chi connectivity index (χ0) is 14.0. The van der Waals surface area contributed by atoms with Crippen molar-refractivity contribution in [3.8, 4) is 0 Å². The van der Waals surface area contributed by atoms with E-state index in [4.69, 9.17) is 23.2 Å². The van der Waals surface area contributed by atoms with Crippen LogP contribution in [0.3, 0.4) is 0 Å². The van der Waals surface area contributed by atoms with Gasteiger partial charge in [-0.1, -0.05) is 53.0 Å². The fraction of sp³-hybridized carbons (Fsp3) is 0.0667. The first-order valence-electron chi connectivity index (χ1n) is 5.51. The average molecular weight is 292 g/mol. The van der Waals surface area contributed by atoms with Crippen molar-refractivity contribution < 1.29 is 9.59 Å². The van der Waals surface area contributed by atoms with Crippen molar-refractivity contribution in [2.45, 2.75) is 6.92 Å². The minimum atomic E-state index is -0.319. The molecule has 1 radical (unpaired) electrons. The summed E-state index contributed by atoms with van der Waals surface area (Å²) < 4.78 is 0. The molecule has 0 saturated carbocycles. The summed E-state index contributed by atoms with van der Waals surface area (Å²) in [5.41, 5.74) is 1.71. The Morgan fingerprint density at radius 1 is 1.11 bits per heavy atom. The van der Waals surface area contributed by atoms with Gasteiger partial charge in [0.05, 0.1) is 10.6 Å². The molecule has 2 rings (SSSR count). The third-order valence-corrected chi connectivity index (χ3v) is 3.22. The minimum Gasteiger partial charge on any atom is -0.289 e. The second-order valence-electron chi connectivity index (χ2n) is 4.11. The molecule has 4 heteroatoms. The average Bonchev–Trinajstić information content (AvgIpc) is 2.38. The van der Waals surface area contributed by atoms with Gasteiger partial charge < -0.3 is 0 Å². The van der Waals surface area contributed by atoms with Gasteiger partial charge in [0.25, 0.3) is 0 Å². The van der Waals surface area contributed by atoms with Gasteiger partial charge >= 0.3 is 0 Å². The van der Waals surface area contributed by atoms with Gasteiger partial charge in [-0.25, -0.2) is 0 Å². The number of halogens is 2. The Morgan fingerprint density at radius 2 is 1.74 bits per heavy atom. The van der Waals surface area contributed by atoms with Crippen LogP contribution in [0, 0.1) is 6.92 Å². The standard InChI is InChI=1S/C15H9Cl2O2/c1-9-2-4-10(5-3-9)15(19)14-11(8-18)6-12(16)7-13(14)17/h2-7H,1H3. The van der Waals surface area contributed by atoms with E-state index in [0.29, 0.717) is 10.6 Å². The molecule has 0 fully saturated rings. The lowest BCUT2D eigenvalue weighted by atomic mass is 9.98. The summed E-state index contributed by atoms with van der Waals surface area (Å²) in [5, 5.41) is 0.445. The third-order valence-electron chi connectivity index (χ3n) is 2.71. The van der Waals surface area contributed by atoms with E-state index >= 15 is 0 Å². The van der Waals surface area contributed by atoms with Crippen LogP contribution < -0.4 is 0 Å². The number of rotatable bonds is 3. The predicted octanol–water partition coefficient (Wildman–Crippen LogP) is 3.99. The molecule has 0 aromatic heterocycles. The number of benzene rings is 2. The molecule has 19 heavy (non-hydrogen) atoms. The summed E-state index contributed by atoms with van der Waals surface area (Å²) in [6, 6.07) is 9.84. The van der Waals surface area contributed by atoms with Gasteiger partial charge in [-0.15, -0.1) is 0 Å². The molecule has 0 aliphatic heterocycles. The van der Waals surface area contributed by atoms with Crippen molar-refractivity contribution in [2.75, 3.05) is 0 Å². The number of hydrogen-bond acceptors (Lipinski definition) is 2. The van der Waals surface area contributed by atoms with Crippen molar-refractivity contribution in [1.29, 1.82) is 0 Å². The van der Waals surface area contributed by atoms with Crippen LogP contribution in [0.15, 0.2) is 36.4 Å². The predicted molar refractivity (Wildman–Crippen MR) is 75.9 cm³/mol. The highest BCUT2D eigenvalue weighted by Gasteiger charge is 2.18. The SMILES string of the molecule is Cc1ccc(C(=O)c2c(Cl)cc(Cl)cc2[C]=O)cc1. The van der Waals surface area contributed by atoms with Crippen molar-refractivity contribution in [1.82, 2.24) is 0 Å². The van der Waals surface area contributed by atoms with Crippen LogP contribution in [0.25, 0.3) is 0 Å². The van der Waals surface area contributed by atoms with Crippen molar-refractivity contribution in [3.63, 3.8) is 0 Å². The molecule has 0 saturated heterocycles. The fourth-order valence-electron chi connectivity index (χ4n) is 1.73. The summed E-state index contributed by atoms with van der Waals surface area (Å²) >= 11 is 11.8. The van der Waals surface area contributed by atoms with Gasteiger partial charge in [-0.3, -0.25) is 9.59 Å². The van der Waals surface area contributed by atoms with Gasteiger partial charge in [-0.2, -0.15) is 0 Å². The first-order valence-corrected chi connectivity index (χ1v) is 6.27. The molecule has 0 aliphatic carbocycles. The van der Waals surface area contributed by atoms with Gasteiger partial charge in [-0.05, 0) is 19.1 Å². The second kappa shape index (κ2) is 5.55. The van der Waals surface area contributed by atoms with Gasteiger partial charge in [0.1, 0.15) is 0 Å². The monoisotopic (exact) mass is 291 g/mol. The van der Waals surface area contributed by atoms with Crippen LogP contribution in [0.2, 0.25) is 10.0 Å². The van der Waals surface area contributed by atoms with E-state index in [-0.39, 0.29) is 21.9 Å². The van der Waals surface area contributed by atoms with Crippen molar-refractivity contribution in [3.05, 3.63) is 68.7 Å². The molecule has 95 valence electrons. The van der Waals surface area contributed by atoms with Gasteiger partial charge in [0.15, 0.2) is 5.78 Å². The van der Waals surface area contributed by atoms with Crippen LogP contribution in [-0.4, -0.2) is 12.1 Å². The highest BCUT2D eigenvalue weighted by atomic mass is 35.5. The Balaban J connectivity index is 2.55. The van der Waals surface area contributed by atoms with E-state index in [1.165, 1.54) is 12.1 Å². The Kier molecular flexibility index (Phi) is 4.03. The smallest absolute Gasteiger partial charge is 0.234 e. The lowest BCUT2D eigenvalue weighted by molar-refractivity contribution is 0.103. The maximum atomic E-state index is 12.4. The Hall–Kier alpha value is -1.64. The maximum Gasteiger partial charge on any atom is 0.234 e. The van der Waals surface area contributed by atoms with E-state index < -0.39 is 0 Å². The number of carbonyl (C=O) groups is 1. The molecule has 0 amide bonds. The first-order chi connectivity index (χ1) is 9.02. The number of aryl methyl sites for hydroxylation is 1. The number of ketones is 1. The zero-order valence-electron chi connectivity index (χ0n) is 10.0. The number of hydrogen-bond donors (Lipinski definition) is 0. The lowest BCUT2D eigenvalue weighted by Gasteiger charge is -2.07. The molecule has 0 unspecified atom stereocenters. The molecule has 0 atom stereocenters. The fourth-order valence-corrected chi connectivity index (χ4v) is 2.31. The van der Waals surface area contributed by atoms with Crippen LogP contribution >= 0.6 is 23.2 Å². The van der Waals surface area contributed by atoms with Crippen LogP contribution in [0.1, 0.15) is 27.0 Å². The Labute approximate surface area is 121 Å². The third kappa shape index (κ3) is 2.86. The summed E-state index contributed by atoms with van der Waals surface area (Å²) in [6.07, 6.45) is 1.70. The van der Waals surface area contributed by atoms with E-state index in [1.54, 1.807) is 18.4 Å².